The van der Waals surface area contributed by atoms with Crippen LogP contribution in [0.3, 0.4) is 0 Å². The molecule has 1 aliphatic rings. The van der Waals surface area contributed by atoms with Crippen molar-refractivity contribution in [2.75, 3.05) is 18.0 Å². The molecular weight excluding hydrogens is 352 g/mol. The first-order valence-electron chi connectivity index (χ1n) is 9.28. The summed E-state index contributed by atoms with van der Waals surface area (Å²) >= 11 is 0. The number of aryl methyl sites for hydroxylation is 1. The summed E-state index contributed by atoms with van der Waals surface area (Å²) in [5.74, 6) is 0.185. The third kappa shape index (κ3) is 3.81. The van der Waals surface area contributed by atoms with E-state index in [0.717, 1.165) is 35.3 Å². The lowest BCUT2D eigenvalue weighted by molar-refractivity contribution is 0.100. The fourth-order valence-electron chi connectivity index (χ4n) is 3.46. The van der Waals surface area contributed by atoms with Gasteiger partial charge in [0.2, 0.25) is 5.88 Å². The van der Waals surface area contributed by atoms with E-state index in [0.29, 0.717) is 18.0 Å². The van der Waals surface area contributed by atoms with Gasteiger partial charge in [-0.3, -0.25) is 9.78 Å². The highest BCUT2D eigenvalue weighted by molar-refractivity contribution is 6.00. The largest absolute Gasteiger partial charge is 0.472 e. The molecule has 0 unspecified atom stereocenters. The third-order valence-electron chi connectivity index (χ3n) is 4.91. The number of hydrogen-bond acceptors (Lipinski definition) is 5. The van der Waals surface area contributed by atoms with E-state index in [1.165, 1.54) is 0 Å². The molecule has 0 spiro atoms. The number of pyridine rings is 2. The quantitative estimate of drug-likeness (QED) is 0.742. The molecule has 2 aromatic heterocycles. The minimum absolute atomic E-state index is 0.0222. The van der Waals surface area contributed by atoms with Gasteiger partial charge in [-0.1, -0.05) is 18.2 Å². The lowest BCUT2D eigenvalue weighted by Crippen LogP contribution is -2.27. The van der Waals surface area contributed by atoms with Crippen LogP contribution < -0.4 is 15.4 Å². The maximum atomic E-state index is 12.1. The van der Waals surface area contributed by atoms with Gasteiger partial charge in [-0.2, -0.15) is 0 Å². The van der Waals surface area contributed by atoms with E-state index in [2.05, 4.69) is 14.9 Å². The zero-order chi connectivity index (χ0) is 19.5. The molecule has 6 nitrogen and oxygen atoms in total. The number of amides is 1. The molecule has 1 aliphatic heterocycles. The first-order chi connectivity index (χ1) is 13.6. The van der Waals surface area contributed by atoms with E-state index < -0.39 is 5.91 Å². The Kier molecular flexibility index (Phi) is 4.93. The molecule has 6 heteroatoms. The maximum Gasteiger partial charge on any atom is 0.250 e. The van der Waals surface area contributed by atoms with Gasteiger partial charge < -0.3 is 15.4 Å². The summed E-state index contributed by atoms with van der Waals surface area (Å²) in [7, 11) is 0. The maximum absolute atomic E-state index is 12.1. The minimum atomic E-state index is -0.440. The van der Waals surface area contributed by atoms with E-state index in [1.54, 1.807) is 18.6 Å². The van der Waals surface area contributed by atoms with Crippen LogP contribution in [0.4, 0.5) is 5.69 Å². The molecule has 1 amide bonds. The van der Waals surface area contributed by atoms with E-state index >= 15 is 0 Å². The summed E-state index contributed by atoms with van der Waals surface area (Å²) in [6.45, 7) is 3.47. The van der Waals surface area contributed by atoms with Gasteiger partial charge in [0.15, 0.2) is 0 Å². The lowest BCUT2D eigenvalue weighted by Gasteiger charge is -2.22. The topological polar surface area (TPSA) is 81.3 Å². The van der Waals surface area contributed by atoms with Gasteiger partial charge in [0.05, 0.1) is 12.1 Å². The van der Waals surface area contributed by atoms with Crippen LogP contribution in [0.25, 0.3) is 11.1 Å². The molecule has 28 heavy (non-hydrogen) atoms. The van der Waals surface area contributed by atoms with Crippen molar-refractivity contribution in [2.45, 2.75) is 19.4 Å². The number of nitrogens with two attached hydrogens (primary N) is 1. The van der Waals surface area contributed by atoms with Gasteiger partial charge in [-0.25, -0.2) is 4.98 Å². The molecule has 1 atom stereocenters. The molecule has 4 rings (SSSR count). The van der Waals surface area contributed by atoms with Crippen molar-refractivity contribution < 1.29 is 9.53 Å². The van der Waals surface area contributed by atoms with Crippen molar-refractivity contribution in [1.82, 2.24) is 9.97 Å². The third-order valence-corrected chi connectivity index (χ3v) is 4.91. The van der Waals surface area contributed by atoms with E-state index in [1.807, 2.05) is 49.4 Å². The number of carbonyl (C=O) groups excluding carboxylic acids is 1. The number of primary amides is 1. The van der Waals surface area contributed by atoms with Crippen LogP contribution in [0.5, 0.6) is 5.88 Å². The van der Waals surface area contributed by atoms with Gasteiger partial charge in [-0.05, 0) is 36.2 Å². The van der Waals surface area contributed by atoms with Crippen LogP contribution in [-0.4, -0.2) is 35.1 Å². The van der Waals surface area contributed by atoms with E-state index in [-0.39, 0.29) is 6.10 Å². The molecule has 0 saturated carbocycles. The molecule has 0 aliphatic carbocycles. The fraction of sp³-hybridized carbons (Fsp3) is 0.227. The van der Waals surface area contributed by atoms with Crippen LogP contribution in [0.2, 0.25) is 0 Å². The van der Waals surface area contributed by atoms with Crippen molar-refractivity contribution in [3.63, 3.8) is 0 Å². The summed E-state index contributed by atoms with van der Waals surface area (Å²) in [5.41, 5.74) is 9.99. The first kappa shape index (κ1) is 18.0. The molecule has 2 N–H and O–H groups in total. The zero-order valence-corrected chi connectivity index (χ0v) is 15.7. The second-order valence-electron chi connectivity index (χ2n) is 6.99. The summed E-state index contributed by atoms with van der Waals surface area (Å²) in [4.78, 5) is 22.7. The van der Waals surface area contributed by atoms with E-state index in [4.69, 9.17) is 10.5 Å². The van der Waals surface area contributed by atoms with Crippen LogP contribution in [0, 0.1) is 6.92 Å². The van der Waals surface area contributed by atoms with Crippen LogP contribution in [0.1, 0.15) is 22.3 Å². The average molecular weight is 374 g/mol. The Morgan fingerprint density at radius 1 is 1.18 bits per heavy atom. The minimum Gasteiger partial charge on any atom is -0.472 e. The summed E-state index contributed by atoms with van der Waals surface area (Å²) in [5, 5.41) is 0. The van der Waals surface area contributed by atoms with Crippen LogP contribution in [-0.2, 0) is 0 Å². The predicted molar refractivity (Wildman–Crippen MR) is 108 cm³/mol. The highest BCUT2D eigenvalue weighted by atomic mass is 16.5. The number of ether oxygens (including phenoxy) is 1. The molecular formula is C22H22N4O2. The Balaban J connectivity index is 1.54. The van der Waals surface area contributed by atoms with Crippen molar-refractivity contribution in [3.05, 3.63) is 72.2 Å². The van der Waals surface area contributed by atoms with Crippen molar-refractivity contribution >= 4 is 11.6 Å². The molecule has 1 fully saturated rings. The Morgan fingerprint density at radius 3 is 2.79 bits per heavy atom. The van der Waals surface area contributed by atoms with Crippen molar-refractivity contribution in [3.8, 4) is 17.0 Å². The zero-order valence-electron chi connectivity index (χ0n) is 15.7. The smallest absolute Gasteiger partial charge is 0.250 e. The van der Waals surface area contributed by atoms with E-state index in [9.17, 15) is 4.79 Å². The molecule has 3 heterocycles. The number of nitrogens with zero attached hydrogens (tertiary/aromatic N) is 3. The standard InChI is InChI=1S/C22H22N4O2/c1-15-4-7-21(25-12-15)28-18-8-10-26(14-18)20-6-5-16(11-19(20)22(23)27)17-3-2-9-24-13-17/h2-7,9,11-13,18H,8,10,14H2,1H3,(H2,23,27)/t18-/m0/s1. The number of anilines is 1. The van der Waals surface area contributed by atoms with Gasteiger partial charge in [0, 0.05) is 48.9 Å². The second-order valence-corrected chi connectivity index (χ2v) is 6.99. The predicted octanol–water partition coefficient (Wildman–Crippen LogP) is 3.21. The first-order valence-corrected chi connectivity index (χ1v) is 9.28. The Morgan fingerprint density at radius 2 is 2.07 bits per heavy atom. The van der Waals surface area contributed by atoms with Gasteiger partial charge in [-0.15, -0.1) is 0 Å². The summed E-state index contributed by atoms with van der Waals surface area (Å²) in [6.07, 6.45) is 6.17. The number of rotatable bonds is 5. The second kappa shape index (κ2) is 7.68. The van der Waals surface area contributed by atoms with Crippen molar-refractivity contribution in [1.29, 1.82) is 0 Å². The van der Waals surface area contributed by atoms with Crippen molar-refractivity contribution in [2.24, 2.45) is 5.73 Å². The number of aromatic nitrogens is 2. The number of carbonyl (C=O) groups is 1. The van der Waals surface area contributed by atoms with Gasteiger partial charge in [0.1, 0.15) is 6.10 Å². The van der Waals surface area contributed by atoms with Crippen LogP contribution in [0.15, 0.2) is 61.1 Å². The molecule has 142 valence electrons. The molecule has 0 bridgehead atoms. The van der Waals surface area contributed by atoms with Crippen LogP contribution >= 0.6 is 0 Å². The Bertz CT molecular complexity index is 974. The van der Waals surface area contributed by atoms with Gasteiger partial charge in [0.25, 0.3) is 5.91 Å². The highest BCUT2D eigenvalue weighted by Gasteiger charge is 2.27. The number of benzene rings is 1. The summed E-state index contributed by atoms with van der Waals surface area (Å²) < 4.78 is 6.00. The normalized spacial score (nSPS) is 16.2. The Labute approximate surface area is 164 Å². The average Bonchev–Trinajstić information content (AvgIpc) is 3.18. The molecule has 1 saturated heterocycles. The lowest BCUT2D eigenvalue weighted by atomic mass is 10.0. The molecule has 0 radical (unpaired) electrons. The summed E-state index contributed by atoms with van der Waals surface area (Å²) in [6, 6.07) is 13.5. The SMILES string of the molecule is Cc1ccc(O[C@H]2CCN(c3ccc(-c4cccnc4)cc3C(N)=O)C2)nc1. The monoisotopic (exact) mass is 374 g/mol. The number of hydrogen-bond donors (Lipinski definition) is 1. The highest BCUT2D eigenvalue weighted by Crippen LogP contribution is 2.30. The molecule has 1 aromatic carbocycles. The molecule has 3 aromatic rings. The fourth-order valence-corrected chi connectivity index (χ4v) is 3.46. The van der Waals surface area contributed by atoms with Gasteiger partial charge >= 0.3 is 0 Å². The Hall–Kier alpha value is -3.41.